The Morgan fingerprint density at radius 2 is 1.71 bits per heavy atom. The lowest BCUT2D eigenvalue weighted by Gasteiger charge is -2.42. The Labute approximate surface area is 179 Å². The van der Waals surface area contributed by atoms with Gasteiger partial charge in [0, 0.05) is 31.7 Å². The number of benzene rings is 2. The van der Waals surface area contributed by atoms with Gasteiger partial charge in [-0.05, 0) is 36.2 Å². The monoisotopic (exact) mass is 428 g/mol. The Balaban J connectivity index is 1.80. The molecule has 1 heterocycles. The van der Waals surface area contributed by atoms with Gasteiger partial charge in [0.2, 0.25) is 0 Å². The summed E-state index contributed by atoms with van der Waals surface area (Å²) in [5.74, 6) is -1.48. The summed E-state index contributed by atoms with van der Waals surface area (Å²) < 4.78 is 18.7. The van der Waals surface area contributed by atoms with E-state index in [1.54, 1.807) is 0 Å². The minimum absolute atomic E-state index is 0.0409. The summed E-state index contributed by atoms with van der Waals surface area (Å²) in [6.45, 7) is 0.962. The van der Waals surface area contributed by atoms with Gasteiger partial charge >= 0.3 is 6.09 Å². The number of nitrogens with one attached hydrogen (secondary N) is 1. The molecule has 2 aromatic rings. The van der Waals surface area contributed by atoms with E-state index in [0.717, 1.165) is 5.56 Å². The van der Waals surface area contributed by atoms with Crippen LogP contribution in [0.25, 0.3) is 0 Å². The van der Waals surface area contributed by atoms with Crippen LogP contribution in [0.4, 0.5) is 9.18 Å². The molecule has 3 N–H and O–H groups in total. The first-order valence-corrected chi connectivity index (χ1v) is 10.0. The van der Waals surface area contributed by atoms with Crippen molar-refractivity contribution in [2.24, 2.45) is 5.73 Å². The maximum absolute atomic E-state index is 13.3. The van der Waals surface area contributed by atoms with Gasteiger partial charge in [-0.15, -0.1) is 0 Å². The summed E-state index contributed by atoms with van der Waals surface area (Å²) >= 11 is 0. The number of halogens is 1. The summed E-state index contributed by atoms with van der Waals surface area (Å²) in [6, 6.07) is 14.2. The maximum Gasteiger partial charge on any atom is 0.412 e. The molecular weight excluding hydrogens is 403 g/mol. The number of carbonyl (C=O) groups is 3. The molecule has 0 aromatic heterocycles. The summed E-state index contributed by atoms with van der Waals surface area (Å²) in [5, 5.41) is 2.64. The fourth-order valence-corrected chi connectivity index (χ4v) is 3.36. The molecule has 2 aromatic carbocycles. The average Bonchev–Trinajstić information content (AvgIpc) is 2.81. The lowest BCUT2D eigenvalue weighted by Crippen LogP contribution is -2.63. The van der Waals surface area contributed by atoms with Crippen LogP contribution in [0.15, 0.2) is 54.6 Å². The number of ether oxygens (including phenoxy) is 1. The van der Waals surface area contributed by atoms with Crippen LogP contribution in [0.5, 0.6) is 0 Å². The van der Waals surface area contributed by atoms with Gasteiger partial charge in [-0.1, -0.05) is 30.3 Å². The predicted octanol–water partition coefficient (Wildman–Crippen LogP) is 1.71. The van der Waals surface area contributed by atoms with Crippen LogP contribution in [-0.4, -0.2) is 60.1 Å². The Morgan fingerprint density at radius 1 is 1.03 bits per heavy atom. The van der Waals surface area contributed by atoms with E-state index in [-0.39, 0.29) is 38.3 Å². The van der Waals surface area contributed by atoms with E-state index < -0.39 is 29.9 Å². The molecule has 1 aliphatic heterocycles. The molecule has 0 bridgehead atoms. The van der Waals surface area contributed by atoms with E-state index in [2.05, 4.69) is 5.32 Å². The standard InChI is InChI=1S/C22H25FN4O4/c23-18-9-7-17(8-10-18)21(29)26-13-4-14-27(20(26)19(28)25-12-11-24)22(30)31-15-16-5-2-1-3-6-16/h1-3,5-10,20H,4,11-15,24H2,(H,25,28). The lowest BCUT2D eigenvalue weighted by molar-refractivity contribution is -0.133. The highest BCUT2D eigenvalue weighted by molar-refractivity contribution is 5.98. The van der Waals surface area contributed by atoms with Crippen LogP contribution >= 0.6 is 0 Å². The molecule has 1 aliphatic rings. The van der Waals surface area contributed by atoms with E-state index in [9.17, 15) is 18.8 Å². The van der Waals surface area contributed by atoms with Crippen molar-refractivity contribution in [3.8, 4) is 0 Å². The third kappa shape index (κ3) is 5.58. The van der Waals surface area contributed by atoms with Gasteiger partial charge in [0.1, 0.15) is 12.4 Å². The quantitative estimate of drug-likeness (QED) is 0.729. The van der Waals surface area contributed by atoms with Gasteiger partial charge in [-0.2, -0.15) is 0 Å². The number of nitrogens with two attached hydrogens (primary N) is 1. The average molecular weight is 428 g/mol. The van der Waals surface area contributed by atoms with Gasteiger partial charge in [0.25, 0.3) is 11.8 Å². The molecule has 1 atom stereocenters. The first-order valence-electron chi connectivity index (χ1n) is 10.0. The normalized spacial score (nSPS) is 16.0. The smallest absolute Gasteiger partial charge is 0.412 e. The Morgan fingerprint density at radius 3 is 2.39 bits per heavy atom. The SMILES string of the molecule is NCCNC(=O)C1N(C(=O)OCc2ccccc2)CCCN1C(=O)c1ccc(F)cc1. The van der Waals surface area contributed by atoms with E-state index in [1.807, 2.05) is 30.3 Å². The largest absolute Gasteiger partial charge is 0.444 e. The van der Waals surface area contributed by atoms with E-state index in [1.165, 1.54) is 34.1 Å². The molecule has 164 valence electrons. The number of amides is 3. The third-order valence-electron chi connectivity index (χ3n) is 4.86. The van der Waals surface area contributed by atoms with Crippen LogP contribution in [-0.2, 0) is 16.1 Å². The van der Waals surface area contributed by atoms with Crippen molar-refractivity contribution in [1.29, 1.82) is 0 Å². The van der Waals surface area contributed by atoms with Gasteiger partial charge in [-0.3, -0.25) is 14.5 Å². The molecule has 9 heteroatoms. The van der Waals surface area contributed by atoms with E-state index in [4.69, 9.17) is 10.5 Å². The summed E-state index contributed by atoms with van der Waals surface area (Å²) in [4.78, 5) is 41.3. The minimum atomic E-state index is -1.19. The first-order chi connectivity index (χ1) is 15.0. The number of hydrogen-bond acceptors (Lipinski definition) is 5. The highest BCUT2D eigenvalue weighted by Gasteiger charge is 2.41. The summed E-state index contributed by atoms with van der Waals surface area (Å²) in [6.07, 6.45) is -1.43. The molecule has 0 radical (unpaired) electrons. The molecular formula is C22H25FN4O4. The fraction of sp³-hybridized carbons (Fsp3) is 0.318. The van der Waals surface area contributed by atoms with E-state index in [0.29, 0.717) is 6.42 Å². The van der Waals surface area contributed by atoms with Gasteiger partial charge in [0.15, 0.2) is 6.17 Å². The Kier molecular flexibility index (Phi) is 7.55. The molecule has 0 spiro atoms. The molecule has 8 nitrogen and oxygen atoms in total. The Hall–Kier alpha value is -3.46. The van der Waals surface area contributed by atoms with Gasteiger partial charge < -0.3 is 20.7 Å². The van der Waals surface area contributed by atoms with Crippen LogP contribution in [0.3, 0.4) is 0 Å². The van der Waals surface area contributed by atoms with Crippen molar-refractivity contribution in [2.75, 3.05) is 26.2 Å². The summed E-state index contributed by atoms with van der Waals surface area (Å²) in [7, 11) is 0. The molecule has 3 rings (SSSR count). The van der Waals surface area contributed by atoms with E-state index >= 15 is 0 Å². The second-order valence-corrected chi connectivity index (χ2v) is 7.05. The molecule has 1 fully saturated rings. The highest BCUT2D eigenvalue weighted by Crippen LogP contribution is 2.20. The fourth-order valence-electron chi connectivity index (χ4n) is 3.36. The summed E-state index contributed by atoms with van der Waals surface area (Å²) in [5.41, 5.74) is 6.50. The van der Waals surface area contributed by atoms with Gasteiger partial charge in [-0.25, -0.2) is 9.18 Å². The number of nitrogens with zero attached hydrogens (tertiary/aromatic N) is 2. The Bertz CT molecular complexity index is 907. The lowest BCUT2D eigenvalue weighted by atomic mass is 10.1. The number of carbonyl (C=O) groups excluding carboxylic acids is 3. The van der Waals surface area contributed by atoms with Crippen molar-refractivity contribution < 1.29 is 23.5 Å². The number of hydrogen-bond donors (Lipinski definition) is 2. The minimum Gasteiger partial charge on any atom is -0.444 e. The van der Waals surface area contributed by atoms with Crippen molar-refractivity contribution in [1.82, 2.24) is 15.1 Å². The third-order valence-corrected chi connectivity index (χ3v) is 4.86. The van der Waals surface area contributed by atoms with Crippen LogP contribution in [0, 0.1) is 5.82 Å². The molecule has 0 saturated carbocycles. The molecule has 1 unspecified atom stereocenters. The van der Waals surface area contributed by atoms with Crippen molar-refractivity contribution in [3.63, 3.8) is 0 Å². The zero-order chi connectivity index (χ0) is 22.2. The first kappa shape index (κ1) is 22.2. The van der Waals surface area contributed by atoms with Gasteiger partial charge in [0.05, 0.1) is 0 Å². The van der Waals surface area contributed by atoms with Crippen molar-refractivity contribution >= 4 is 17.9 Å². The van der Waals surface area contributed by atoms with Crippen LogP contribution in [0.2, 0.25) is 0 Å². The second kappa shape index (κ2) is 10.5. The van der Waals surface area contributed by atoms with Crippen molar-refractivity contribution in [2.45, 2.75) is 19.2 Å². The molecule has 31 heavy (non-hydrogen) atoms. The highest BCUT2D eigenvalue weighted by atomic mass is 19.1. The zero-order valence-corrected chi connectivity index (χ0v) is 17.0. The molecule has 3 amide bonds. The predicted molar refractivity (Wildman–Crippen MR) is 111 cm³/mol. The topological polar surface area (TPSA) is 105 Å². The molecule has 0 aliphatic carbocycles. The van der Waals surface area contributed by atoms with Crippen LogP contribution < -0.4 is 11.1 Å². The maximum atomic E-state index is 13.3. The van der Waals surface area contributed by atoms with Crippen LogP contribution in [0.1, 0.15) is 22.3 Å². The zero-order valence-electron chi connectivity index (χ0n) is 17.0. The number of rotatable bonds is 6. The molecule has 1 saturated heterocycles. The second-order valence-electron chi connectivity index (χ2n) is 7.05. The van der Waals surface area contributed by atoms with Crippen molar-refractivity contribution in [3.05, 3.63) is 71.5 Å².